The third kappa shape index (κ3) is 4.22. The average Bonchev–Trinajstić information content (AvgIpc) is 2.68. The average molecular weight is 367 g/mol. The van der Waals surface area contributed by atoms with Gasteiger partial charge < -0.3 is 15.5 Å². The molecule has 0 fully saturated rings. The van der Waals surface area contributed by atoms with E-state index in [2.05, 4.69) is 15.6 Å². The van der Waals surface area contributed by atoms with E-state index in [9.17, 15) is 14.9 Å². The second-order valence-corrected chi connectivity index (χ2v) is 6.40. The highest BCUT2D eigenvalue weighted by Gasteiger charge is 2.19. The van der Waals surface area contributed by atoms with Gasteiger partial charge in [0.2, 0.25) is 0 Å². The maximum absolute atomic E-state index is 12.6. The van der Waals surface area contributed by atoms with Gasteiger partial charge in [-0.1, -0.05) is 12.1 Å². The number of nitrogens with zero attached hydrogens (tertiary/aromatic N) is 3. The van der Waals surface area contributed by atoms with Crippen LogP contribution in [0, 0.1) is 10.1 Å². The Kier molecular flexibility index (Phi) is 5.35. The van der Waals surface area contributed by atoms with Gasteiger partial charge in [0.1, 0.15) is 11.5 Å². The maximum Gasteiger partial charge on any atom is 0.293 e. The monoisotopic (exact) mass is 367 g/mol. The second kappa shape index (κ2) is 7.86. The number of nitro benzene ring substituents is 1. The van der Waals surface area contributed by atoms with Crippen LogP contribution in [0.25, 0.3) is 0 Å². The summed E-state index contributed by atoms with van der Waals surface area (Å²) in [7, 11) is 3.44. The molecule has 0 aliphatic carbocycles. The lowest BCUT2D eigenvalue weighted by atomic mass is 10.1. The molecule has 1 aliphatic heterocycles. The van der Waals surface area contributed by atoms with Gasteiger partial charge in [-0.05, 0) is 30.7 Å². The van der Waals surface area contributed by atoms with Gasteiger partial charge in [-0.25, -0.2) is 0 Å². The van der Waals surface area contributed by atoms with E-state index in [0.717, 1.165) is 30.9 Å². The molecule has 1 aliphatic rings. The van der Waals surface area contributed by atoms with Crippen molar-refractivity contribution in [3.05, 3.63) is 63.7 Å². The molecule has 0 atom stereocenters. The van der Waals surface area contributed by atoms with E-state index in [1.165, 1.54) is 6.07 Å². The van der Waals surface area contributed by atoms with Crippen molar-refractivity contribution in [2.45, 2.75) is 6.42 Å². The fourth-order valence-electron chi connectivity index (χ4n) is 2.86. The highest BCUT2D eigenvalue weighted by atomic mass is 16.6. The number of nitro groups is 1. The van der Waals surface area contributed by atoms with Crippen LogP contribution in [0.5, 0.6) is 0 Å². The molecule has 2 N–H and O–H groups in total. The molecule has 0 bridgehead atoms. The molecule has 2 aromatic carbocycles. The molecule has 0 saturated heterocycles. The van der Waals surface area contributed by atoms with E-state index in [0.29, 0.717) is 11.4 Å². The summed E-state index contributed by atoms with van der Waals surface area (Å²) < 4.78 is 0. The Morgan fingerprint density at radius 3 is 2.74 bits per heavy atom. The summed E-state index contributed by atoms with van der Waals surface area (Å²) in [4.78, 5) is 29.5. The lowest BCUT2D eigenvalue weighted by Crippen LogP contribution is -2.30. The highest BCUT2D eigenvalue weighted by molar-refractivity contribution is 6.06. The van der Waals surface area contributed by atoms with Gasteiger partial charge in [-0.2, -0.15) is 0 Å². The molecule has 3 rings (SSSR count). The van der Waals surface area contributed by atoms with Crippen molar-refractivity contribution < 1.29 is 9.72 Å². The van der Waals surface area contributed by atoms with Crippen LogP contribution in [-0.4, -0.2) is 43.9 Å². The third-order valence-electron chi connectivity index (χ3n) is 4.21. The molecule has 1 amide bonds. The number of carbonyl (C=O) groups excluding carboxylic acids is 1. The Morgan fingerprint density at radius 2 is 2.07 bits per heavy atom. The Bertz CT molecular complexity index is 908. The number of aliphatic imine (C=N–C) groups is 1. The summed E-state index contributed by atoms with van der Waals surface area (Å²) in [6.45, 7) is 1.65. The van der Waals surface area contributed by atoms with Crippen LogP contribution >= 0.6 is 0 Å². The van der Waals surface area contributed by atoms with Gasteiger partial charge in [0, 0.05) is 50.1 Å². The van der Waals surface area contributed by atoms with Crippen LogP contribution in [0.1, 0.15) is 22.3 Å². The zero-order chi connectivity index (χ0) is 19.4. The minimum absolute atomic E-state index is 0.109. The summed E-state index contributed by atoms with van der Waals surface area (Å²) in [5.41, 5.74) is 2.06. The van der Waals surface area contributed by atoms with Gasteiger partial charge in [0.15, 0.2) is 0 Å². The Balaban J connectivity index is 1.82. The number of hydrogen-bond donors (Lipinski definition) is 2. The molecule has 0 radical (unpaired) electrons. The lowest BCUT2D eigenvalue weighted by molar-refractivity contribution is -0.384. The van der Waals surface area contributed by atoms with Gasteiger partial charge in [0.25, 0.3) is 11.6 Å². The summed E-state index contributed by atoms with van der Waals surface area (Å²) >= 11 is 0. The second-order valence-electron chi connectivity index (χ2n) is 6.40. The Morgan fingerprint density at radius 1 is 1.26 bits per heavy atom. The first kappa shape index (κ1) is 18.4. The number of carbonyl (C=O) groups is 1. The molecule has 27 heavy (non-hydrogen) atoms. The molecule has 0 unspecified atom stereocenters. The molecule has 0 spiro atoms. The van der Waals surface area contributed by atoms with Crippen molar-refractivity contribution in [3.8, 4) is 0 Å². The fourth-order valence-corrected chi connectivity index (χ4v) is 2.86. The number of rotatable bonds is 5. The minimum Gasteiger partial charge on any atom is -0.372 e. The predicted molar refractivity (Wildman–Crippen MR) is 106 cm³/mol. The molecule has 0 aromatic heterocycles. The van der Waals surface area contributed by atoms with Gasteiger partial charge >= 0.3 is 0 Å². The molecule has 0 saturated carbocycles. The van der Waals surface area contributed by atoms with Crippen molar-refractivity contribution in [3.63, 3.8) is 0 Å². The van der Waals surface area contributed by atoms with Crippen LogP contribution < -0.4 is 15.5 Å². The first-order valence-electron chi connectivity index (χ1n) is 8.61. The van der Waals surface area contributed by atoms with E-state index in [4.69, 9.17) is 0 Å². The zero-order valence-electron chi connectivity index (χ0n) is 15.2. The number of nitrogens with one attached hydrogen (secondary N) is 2. The van der Waals surface area contributed by atoms with Gasteiger partial charge in [-0.3, -0.25) is 19.9 Å². The van der Waals surface area contributed by atoms with Crippen molar-refractivity contribution >= 4 is 28.8 Å². The van der Waals surface area contributed by atoms with E-state index in [1.54, 1.807) is 37.2 Å². The standard InChI is InChI=1S/C19H21N5O3/c1-23(2)16-8-7-14(12-17(16)24(26)27)19(25)22-15-6-3-5-13(11-15)18-20-9-4-10-21-18/h3,5-8,11-12H,4,9-10H2,1-2H3,(H,20,21)(H,22,25). The number of amidine groups is 1. The van der Waals surface area contributed by atoms with Gasteiger partial charge in [0.05, 0.1) is 4.92 Å². The van der Waals surface area contributed by atoms with E-state index in [-0.39, 0.29) is 11.3 Å². The number of amides is 1. The SMILES string of the molecule is CN(C)c1ccc(C(=O)Nc2cccc(C3=NCCCN3)c2)cc1[N+](=O)[O-]. The first-order valence-corrected chi connectivity index (χ1v) is 8.61. The molecule has 2 aromatic rings. The topological polar surface area (TPSA) is 99.9 Å². The van der Waals surface area contributed by atoms with Crippen LogP contribution in [0.4, 0.5) is 17.1 Å². The number of hydrogen-bond acceptors (Lipinski definition) is 6. The summed E-state index contributed by atoms with van der Waals surface area (Å²) in [5, 5.41) is 17.3. The lowest BCUT2D eigenvalue weighted by Gasteiger charge is -2.16. The summed E-state index contributed by atoms with van der Waals surface area (Å²) in [5.74, 6) is 0.405. The van der Waals surface area contributed by atoms with E-state index < -0.39 is 10.8 Å². The predicted octanol–water partition coefficient (Wildman–Crippen LogP) is 2.65. The van der Waals surface area contributed by atoms with Crippen molar-refractivity contribution in [1.82, 2.24) is 5.32 Å². The molecular formula is C19H21N5O3. The molecule has 1 heterocycles. The number of benzene rings is 2. The van der Waals surface area contributed by atoms with Crippen molar-refractivity contribution in [2.75, 3.05) is 37.4 Å². The Labute approximate surface area is 157 Å². The summed E-state index contributed by atoms with van der Waals surface area (Å²) in [6.07, 6.45) is 1.00. The minimum atomic E-state index is -0.486. The van der Waals surface area contributed by atoms with E-state index in [1.807, 2.05) is 18.2 Å². The van der Waals surface area contributed by atoms with Gasteiger partial charge in [-0.15, -0.1) is 0 Å². The highest BCUT2D eigenvalue weighted by Crippen LogP contribution is 2.28. The largest absolute Gasteiger partial charge is 0.372 e. The van der Waals surface area contributed by atoms with Crippen molar-refractivity contribution in [1.29, 1.82) is 0 Å². The van der Waals surface area contributed by atoms with Crippen LogP contribution in [-0.2, 0) is 0 Å². The summed E-state index contributed by atoms with van der Waals surface area (Å²) in [6, 6.07) is 11.8. The van der Waals surface area contributed by atoms with E-state index >= 15 is 0 Å². The van der Waals surface area contributed by atoms with Crippen molar-refractivity contribution in [2.24, 2.45) is 4.99 Å². The molecule has 8 heteroatoms. The molecule has 140 valence electrons. The molecular weight excluding hydrogens is 346 g/mol. The smallest absolute Gasteiger partial charge is 0.293 e. The fraction of sp³-hybridized carbons (Fsp3) is 0.263. The number of anilines is 2. The third-order valence-corrected chi connectivity index (χ3v) is 4.21. The first-order chi connectivity index (χ1) is 13.0. The maximum atomic E-state index is 12.6. The quantitative estimate of drug-likeness (QED) is 0.625. The van der Waals surface area contributed by atoms with Crippen LogP contribution in [0.2, 0.25) is 0 Å². The normalized spacial score (nSPS) is 13.3. The van der Waals surface area contributed by atoms with Crippen LogP contribution in [0.3, 0.4) is 0 Å². The molecule has 8 nitrogen and oxygen atoms in total. The Hall–Kier alpha value is -3.42. The van der Waals surface area contributed by atoms with Crippen LogP contribution in [0.15, 0.2) is 47.5 Å². The zero-order valence-corrected chi connectivity index (χ0v) is 15.2.